The van der Waals surface area contributed by atoms with Gasteiger partial charge in [0.05, 0.1) is 17.8 Å². The Bertz CT molecular complexity index is 798. The largest absolute Gasteiger partial charge is 0.305 e. The van der Waals surface area contributed by atoms with Crippen molar-refractivity contribution in [3.05, 3.63) is 63.4 Å². The van der Waals surface area contributed by atoms with Crippen LogP contribution in [0.4, 0.5) is 0 Å². The maximum atomic E-state index is 12.0. The van der Waals surface area contributed by atoms with Crippen molar-refractivity contribution in [2.24, 2.45) is 0 Å². The van der Waals surface area contributed by atoms with Gasteiger partial charge in [-0.15, -0.1) is 0 Å². The van der Waals surface area contributed by atoms with E-state index >= 15 is 0 Å². The maximum Gasteiger partial charge on any atom is 0.147 e. The number of ketones is 1. The Balaban J connectivity index is 1.82. The standard InChI is InChI=1S/C21H24ClN3O/c1-13-9-16-4-3-15-10-17(22)5-6-18(15)21(20(16)24-11-13)25-8-7-23-19(12-25)14(2)26/h5-6,9-11,19,21,23H,3-4,7-8,12H2,1-2H3/t19-,21?/m1/s1. The van der Waals surface area contributed by atoms with Crippen molar-refractivity contribution in [3.63, 3.8) is 0 Å². The van der Waals surface area contributed by atoms with Crippen LogP contribution >= 0.6 is 11.6 Å². The number of rotatable bonds is 2. The fourth-order valence-electron chi connectivity index (χ4n) is 4.21. The van der Waals surface area contributed by atoms with Crippen molar-refractivity contribution in [1.29, 1.82) is 0 Å². The smallest absolute Gasteiger partial charge is 0.147 e. The molecule has 0 bridgehead atoms. The minimum Gasteiger partial charge on any atom is -0.305 e. The Labute approximate surface area is 159 Å². The van der Waals surface area contributed by atoms with Gasteiger partial charge in [0.25, 0.3) is 0 Å². The van der Waals surface area contributed by atoms with E-state index in [-0.39, 0.29) is 17.9 Å². The SMILES string of the molecule is CC(=O)[C@H]1CN(C2c3ccc(Cl)cc3CCc3cc(C)cnc32)CCN1. The molecular formula is C21H24ClN3O. The molecule has 4 rings (SSSR count). The highest BCUT2D eigenvalue weighted by molar-refractivity contribution is 6.30. The molecule has 2 aliphatic rings. The fourth-order valence-corrected chi connectivity index (χ4v) is 4.40. The van der Waals surface area contributed by atoms with Gasteiger partial charge in [-0.3, -0.25) is 14.7 Å². The first-order valence-corrected chi connectivity index (χ1v) is 9.62. The van der Waals surface area contributed by atoms with E-state index in [1.165, 1.54) is 22.3 Å². The number of nitrogens with zero attached hydrogens (tertiary/aromatic N) is 2. The second-order valence-electron chi connectivity index (χ2n) is 7.42. The number of Topliss-reactive ketones (excluding diaryl/α,β-unsaturated/α-hetero) is 1. The molecule has 1 fully saturated rings. The van der Waals surface area contributed by atoms with Crippen molar-refractivity contribution >= 4 is 17.4 Å². The van der Waals surface area contributed by atoms with Crippen molar-refractivity contribution < 1.29 is 4.79 Å². The van der Waals surface area contributed by atoms with Crippen molar-refractivity contribution in [3.8, 4) is 0 Å². The van der Waals surface area contributed by atoms with Gasteiger partial charge in [-0.05, 0) is 61.1 Å². The first-order chi connectivity index (χ1) is 12.5. The topological polar surface area (TPSA) is 45.2 Å². The number of piperazine rings is 1. The van der Waals surface area contributed by atoms with Crippen LogP contribution in [0.25, 0.3) is 0 Å². The molecule has 1 aliphatic carbocycles. The first-order valence-electron chi connectivity index (χ1n) is 9.24. The van der Waals surface area contributed by atoms with E-state index in [0.29, 0.717) is 6.54 Å². The zero-order valence-electron chi connectivity index (χ0n) is 15.3. The highest BCUT2D eigenvalue weighted by atomic mass is 35.5. The lowest BCUT2D eigenvalue weighted by molar-refractivity contribution is -0.120. The summed E-state index contributed by atoms with van der Waals surface area (Å²) in [6.45, 7) is 6.17. The van der Waals surface area contributed by atoms with Gasteiger partial charge < -0.3 is 5.32 Å². The summed E-state index contributed by atoms with van der Waals surface area (Å²) in [6.07, 6.45) is 3.89. The fraction of sp³-hybridized carbons (Fsp3) is 0.429. The van der Waals surface area contributed by atoms with E-state index in [1.54, 1.807) is 6.92 Å². The lowest BCUT2D eigenvalue weighted by Crippen LogP contribution is -2.54. The number of aryl methyl sites for hydroxylation is 3. The molecular weight excluding hydrogens is 346 g/mol. The third-order valence-corrected chi connectivity index (χ3v) is 5.76. The molecule has 1 N–H and O–H groups in total. The van der Waals surface area contributed by atoms with E-state index in [1.807, 2.05) is 12.3 Å². The zero-order chi connectivity index (χ0) is 18.3. The highest BCUT2D eigenvalue weighted by Gasteiger charge is 2.34. The summed E-state index contributed by atoms with van der Waals surface area (Å²) in [6, 6.07) is 8.42. The monoisotopic (exact) mass is 369 g/mol. The van der Waals surface area contributed by atoms with Gasteiger partial charge in [0.2, 0.25) is 0 Å². The molecule has 4 nitrogen and oxygen atoms in total. The normalized spacial score (nSPS) is 23.0. The molecule has 1 saturated heterocycles. The number of pyridine rings is 1. The third-order valence-electron chi connectivity index (χ3n) is 5.52. The molecule has 5 heteroatoms. The lowest BCUT2D eigenvalue weighted by atomic mass is 9.95. The quantitative estimate of drug-likeness (QED) is 0.883. The number of hydrogen-bond donors (Lipinski definition) is 1. The number of halogens is 1. The molecule has 26 heavy (non-hydrogen) atoms. The lowest BCUT2D eigenvalue weighted by Gasteiger charge is -2.38. The van der Waals surface area contributed by atoms with Crippen LogP contribution in [0.5, 0.6) is 0 Å². The molecule has 0 radical (unpaired) electrons. The first kappa shape index (κ1) is 17.7. The van der Waals surface area contributed by atoms with Gasteiger partial charge in [-0.2, -0.15) is 0 Å². The van der Waals surface area contributed by atoms with Crippen LogP contribution in [0.1, 0.15) is 40.9 Å². The molecule has 1 aromatic heterocycles. The van der Waals surface area contributed by atoms with Crippen LogP contribution in [-0.4, -0.2) is 41.3 Å². The summed E-state index contributed by atoms with van der Waals surface area (Å²) < 4.78 is 0. The summed E-state index contributed by atoms with van der Waals surface area (Å²) >= 11 is 6.28. The van der Waals surface area contributed by atoms with Crippen LogP contribution < -0.4 is 5.32 Å². The van der Waals surface area contributed by atoms with E-state index in [2.05, 4.69) is 35.3 Å². The van der Waals surface area contributed by atoms with Gasteiger partial charge in [0, 0.05) is 30.9 Å². The number of hydrogen-bond acceptors (Lipinski definition) is 4. The molecule has 0 amide bonds. The Morgan fingerprint density at radius 3 is 2.88 bits per heavy atom. The second-order valence-corrected chi connectivity index (χ2v) is 7.85. The Hall–Kier alpha value is -1.75. The summed E-state index contributed by atoms with van der Waals surface area (Å²) in [4.78, 5) is 19.2. The number of carbonyl (C=O) groups excluding carboxylic acids is 1. The molecule has 2 atom stereocenters. The minimum atomic E-state index is -0.114. The van der Waals surface area contributed by atoms with Gasteiger partial charge in [0.15, 0.2) is 0 Å². The van der Waals surface area contributed by atoms with Crippen LogP contribution in [-0.2, 0) is 17.6 Å². The van der Waals surface area contributed by atoms with Gasteiger partial charge in [0.1, 0.15) is 5.78 Å². The van der Waals surface area contributed by atoms with E-state index in [9.17, 15) is 4.79 Å². The summed E-state index contributed by atoms with van der Waals surface area (Å²) in [5, 5.41) is 4.11. The second kappa shape index (κ2) is 7.10. The van der Waals surface area contributed by atoms with Crippen molar-refractivity contribution in [2.45, 2.75) is 38.8 Å². The third kappa shape index (κ3) is 3.29. The van der Waals surface area contributed by atoms with Crippen LogP contribution in [0.15, 0.2) is 30.5 Å². The average Bonchev–Trinajstić information content (AvgIpc) is 2.78. The summed E-state index contributed by atoms with van der Waals surface area (Å²) in [5.41, 5.74) is 6.18. The zero-order valence-corrected chi connectivity index (χ0v) is 16.0. The maximum absolute atomic E-state index is 12.0. The van der Waals surface area contributed by atoms with E-state index in [0.717, 1.165) is 36.6 Å². The van der Waals surface area contributed by atoms with Crippen LogP contribution in [0.2, 0.25) is 5.02 Å². The molecule has 2 aromatic rings. The number of nitrogens with one attached hydrogen (secondary N) is 1. The van der Waals surface area contributed by atoms with E-state index < -0.39 is 0 Å². The van der Waals surface area contributed by atoms with Gasteiger partial charge in [-0.1, -0.05) is 23.7 Å². The van der Waals surface area contributed by atoms with Crippen molar-refractivity contribution in [2.75, 3.05) is 19.6 Å². The van der Waals surface area contributed by atoms with Crippen LogP contribution in [0.3, 0.4) is 0 Å². The number of benzene rings is 1. The average molecular weight is 370 g/mol. The molecule has 136 valence electrons. The van der Waals surface area contributed by atoms with Gasteiger partial charge >= 0.3 is 0 Å². The molecule has 1 aromatic carbocycles. The van der Waals surface area contributed by atoms with E-state index in [4.69, 9.17) is 16.6 Å². The molecule has 1 unspecified atom stereocenters. The Kier molecular flexibility index (Phi) is 4.82. The highest BCUT2D eigenvalue weighted by Crippen LogP contribution is 2.37. The Morgan fingerprint density at radius 2 is 2.08 bits per heavy atom. The molecule has 2 heterocycles. The van der Waals surface area contributed by atoms with Crippen LogP contribution in [0, 0.1) is 6.92 Å². The number of carbonyl (C=O) groups is 1. The Morgan fingerprint density at radius 1 is 1.27 bits per heavy atom. The summed E-state index contributed by atoms with van der Waals surface area (Å²) in [5.74, 6) is 0.191. The number of fused-ring (bicyclic) bond motifs is 2. The molecule has 0 spiro atoms. The van der Waals surface area contributed by atoms with Gasteiger partial charge in [-0.25, -0.2) is 0 Å². The predicted molar refractivity (Wildman–Crippen MR) is 104 cm³/mol. The summed E-state index contributed by atoms with van der Waals surface area (Å²) in [7, 11) is 0. The molecule has 1 aliphatic heterocycles. The minimum absolute atomic E-state index is 0.0734. The predicted octanol–water partition coefficient (Wildman–Crippen LogP) is 3.09. The van der Waals surface area contributed by atoms with Crippen molar-refractivity contribution in [1.82, 2.24) is 15.2 Å². The number of aromatic nitrogens is 1. The molecule has 0 saturated carbocycles.